The number of aromatic nitrogens is 3. The lowest BCUT2D eigenvalue weighted by atomic mass is 10.0. The minimum absolute atomic E-state index is 0.102. The molecule has 36 heavy (non-hydrogen) atoms. The Kier molecular flexibility index (Phi) is 7.10. The molecule has 0 unspecified atom stereocenters. The van der Waals surface area contributed by atoms with E-state index in [4.69, 9.17) is 16.3 Å². The number of esters is 1. The molecule has 0 radical (unpaired) electrons. The predicted octanol–water partition coefficient (Wildman–Crippen LogP) is 6.60. The van der Waals surface area contributed by atoms with Crippen LogP contribution in [0, 0.1) is 0 Å². The molecule has 5 aromatic rings. The van der Waals surface area contributed by atoms with Crippen molar-refractivity contribution >= 4 is 73.0 Å². The maximum absolute atomic E-state index is 12.8. The number of nitrogens with zero attached hydrogens (tertiary/aromatic N) is 3. The number of hydrogen-bond donors (Lipinski definition) is 1. The van der Waals surface area contributed by atoms with E-state index in [0.717, 1.165) is 22.3 Å². The molecule has 1 amide bonds. The number of thiophene rings is 2. The van der Waals surface area contributed by atoms with Gasteiger partial charge in [-0.1, -0.05) is 53.7 Å². The molecule has 0 atom stereocenters. The summed E-state index contributed by atoms with van der Waals surface area (Å²) < 4.78 is 8.05. The van der Waals surface area contributed by atoms with Crippen LogP contribution >= 0.6 is 46.0 Å². The molecule has 0 fully saturated rings. The van der Waals surface area contributed by atoms with Crippen LogP contribution in [0.5, 0.6) is 0 Å². The lowest BCUT2D eigenvalue weighted by Gasteiger charge is -2.08. The van der Waals surface area contributed by atoms with Crippen LogP contribution in [0.25, 0.3) is 32.6 Å². The molecule has 0 aliphatic heterocycles. The van der Waals surface area contributed by atoms with Crippen LogP contribution < -0.4 is 5.32 Å². The van der Waals surface area contributed by atoms with Gasteiger partial charge in [0.2, 0.25) is 5.91 Å². The summed E-state index contributed by atoms with van der Waals surface area (Å²) in [6, 6.07) is 15.3. The van der Waals surface area contributed by atoms with Crippen molar-refractivity contribution in [2.75, 3.05) is 18.2 Å². The minimum atomic E-state index is -0.523. The quantitative estimate of drug-likeness (QED) is 0.180. The van der Waals surface area contributed by atoms with Gasteiger partial charge in [-0.3, -0.25) is 4.79 Å². The van der Waals surface area contributed by atoms with Gasteiger partial charge in [-0.2, -0.15) is 0 Å². The van der Waals surface area contributed by atoms with E-state index in [9.17, 15) is 9.59 Å². The van der Waals surface area contributed by atoms with Crippen LogP contribution in [0.4, 0.5) is 5.00 Å². The zero-order chi connectivity index (χ0) is 25.2. The van der Waals surface area contributed by atoms with Gasteiger partial charge in [0, 0.05) is 44.0 Å². The first-order valence-electron chi connectivity index (χ1n) is 10.7. The molecule has 7 nitrogen and oxygen atoms in total. The Bertz CT molecular complexity index is 1570. The zero-order valence-electron chi connectivity index (χ0n) is 19.1. The highest BCUT2D eigenvalue weighted by molar-refractivity contribution is 7.99. The number of amides is 1. The molecule has 0 bridgehead atoms. The second-order valence-corrected chi connectivity index (χ2v) is 10.9. The fraction of sp³-hybridized carbons (Fsp3) is 0.120. The summed E-state index contributed by atoms with van der Waals surface area (Å²) in [6.45, 7) is 0. The molecule has 3 heterocycles. The van der Waals surface area contributed by atoms with Crippen molar-refractivity contribution in [3.8, 4) is 22.5 Å². The number of carbonyl (C=O) groups excluding carboxylic acids is 2. The monoisotopic (exact) mass is 554 g/mol. The highest BCUT2D eigenvalue weighted by Gasteiger charge is 2.23. The van der Waals surface area contributed by atoms with Gasteiger partial charge in [-0.25, -0.2) is 4.79 Å². The van der Waals surface area contributed by atoms with Gasteiger partial charge in [-0.05, 0) is 23.8 Å². The van der Waals surface area contributed by atoms with E-state index < -0.39 is 5.97 Å². The molecular formula is C25H19ClN4O3S3. The molecule has 0 saturated heterocycles. The molecule has 3 aromatic heterocycles. The van der Waals surface area contributed by atoms with Crippen LogP contribution in [0.1, 0.15) is 10.4 Å². The highest BCUT2D eigenvalue weighted by atomic mass is 35.5. The van der Waals surface area contributed by atoms with Crippen LogP contribution in [-0.4, -0.2) is 39.5 Å². The zero-order valence-corrected chi connectivity index (χ0v) is 22.4. The maximum Gasteiger partial charge on any atom is 0.341 e. The van der Waals surface area contributed by atoms with E-state index in [1.807, 2.05) is 41.3 Å². The first-order valence-corrected chi connectivity index (χ1v) is 13.8. The molecule has 0 spiro atoms. The summed E-state index contributed by atoms with van der Waals surface area (Å²) >= 11 is 10.2. The summed E-state index contributed by atoms with van der Waals surface area (Å²) in [5.41, 5.74) is 2.80. The Labute approximate surface area is 224 Å². The highest BCUT2D eigenvalue weighted by Crippen LogP contribution is 2.37. The standard InChI is InChI=1S/C25H19ClN4O3S3/c1-30-22(18-12-34-19-6-4-3-5-16(18)19)28-29-25(30)36-13-20(31)27-23-21(24(32)33-2)17(11-35-23)14-7-9-15(26)10-8-14/h3-12H,13H2,1-2H3,(H,27,31). The fourth-order valence-electron chi connectivity index (χ4n) is 3.72. The number of methoxy groups -OCH3 is 1. The number of thioether (sulfide) groups is 1. The Morgan fingerprint density at radius 1 is 1.06 bits per heavy atom. The van der Waals surface area contributed by atoms with Crippen molar-refractivity contribution in [3.05, 3.63) is 69.9 Å². The van der Waals surface area contributed by atoms with Crippen molar-refractivity contribution < 1.29 is 14.3 Å². The third kappa shape index (κ3) is 4.77. The topological polar surface area (TPSA) is 86.1 Å². The van der Waals surface area contributed by atoms with Gasteiger partial charge in [0.25, 0.3) is 0 Å². The second-order valence-electron chi connectivity index (χ2n) is 7.70. The Morgan fingerprint density at radius 3 is 2.58 bits per heavy atom. The normalized spacial score (nSPS) is 11.1. The molecule has 5 rings (SSSR count). The third-order valence-electron chi connectivity index (χ3n) is 5.48. The molecular weight excluding hydrogens is 536 g/mol. The first-order chi connectivity index (χ1) is 17.5. The number of nitrogens with one attached hydrogen (secondary N) is 1. The number of ether oxygens (including phenoxy) is 1. The van der Waals surface area contributed by atoms with Crippen LogP contribution in [0.15, 0.2) is 64.4 Å². The Balaban J connectivity index is 1.32. The van der Waals surface area contributed by atoms with Gasteiger partial charge in [0.15, 0.2) is 11.0 Å². The summed E-state index contributed by atoms with van der Waals surface area (Å²) in [5.74, 6) is 0.0602. The molecule has 11 heteroatoms. The summed E-state index contributed by atoms with van der Waals surface area (Å²) in [7, 11) is 3.20. The molecule has 0 aliphatic rings. The maximum atomic E-state index is 12.8. The summed E-state index contributed by atoms with van der Waals surface area (Å²) in [6.07, 6.45) is 0. The number of carbonyl (C=O) groups is 2. The lowest BCUT2D eigenvalue weighted by molar-refractivity contribution is -0.113. The SMILES string of the molecule is COC(=O)c1c(-c2ccc(Cl)cc2)csc1NC(=O)CSc1nnc(-c2csc3ccccc23)n1C. The van der Waals surface area contributed by atoms with Crippen molar-refractivity contribution in [1.82, 2.24) is 14.8 Å². The van der Waals surface area contributed by atoms with Gasteiger partial charge < -0.3 is 14.6 Å². The van der Waals surface area contributed by atoms with E-state index >= 15 is 0 Å². The van der Waals surface area contributed by atoms with E-state index in [1.54, 1.807) is 23.5 Å². The average Bonchev–Trinajstić information content (AvgIpc) is 3.59. The van der Waals surface area contributed by atoms with Crippen molar-refractivity contribution in [2.45, 2.75) is 5.16 Å². The fourth-order valence-corrected chi connectivity index (χ4v) is 6.47. The largest absolute Gasteiger partial charge is 0.465 e. The van der Waals surface area contributed by atoms with E-state index in [1.165, 1.54) is 34.9 Å². The van der Waals surface area contributed by atoms with Crippen LogP contribution in [-0.2, 0) is 16.6 Å². The van der Waals surface area contributed by atoms with Gasteiger partial charge in [0.05, 0.1) is 12.9 Å². The molecule has 1 N–H and O–H groups in total. The van der Waals surface area contributed by atoms with Crippen molar-refractivity contribution in [1.29, 1.82) is 0 Å². The lowest BCUT2D eigenvalue weighted by Crippen LogP contribution is -2.16. The number of rotatable bonds is 7. The minimum Gasteiger partial charge on any atom is -0.465 e. The number of benzene rings is 2. The molecule has 0 saturated carbocycles. The Hall–Kier alpha value is -3.18. The van der Waals surface area contributed by atoms with Crippen molar-refractivity contribution in [2.24, 2.45) is 7.05 Å². The summed E-state index contributed by atoms with van der Waals surface area (Å²) in [5, 5.41) is 18.2. The van der Waals surface area contributed by atoms with E-state index in [-0.39, 0.29) is 11.7 Å². The van der Waals surface area contributed by atoms with E-state index in [2.05, 4.69) is 33.0 Å². The average molecular weight is 555 g/mol. The second kappa shape index (κ2) is 10.4. The molecule has 2 aromatic carbocycles. The number of halogens is 1. The first kappa shape index (κ1) is 24.5. The van der Waals surface area contributed by atoms with Crippen LogP contribution in [0.3, 0.4) is 0 Å². The number of fused-ring (bicyclic) bond motifs is 1. The van der Waals surface area contributed by atoms with Gasteiger partial charge >= 0.3 is 5.97 Å². The molecule has 0 aliphatic carbocycles. The number of anilines is 1. The molecule has 182 valence electrons. The third-order valence-corrected chi connectivity index (χ3v) is 8.61. The smallest absolute Gasteiger partial charge is 0.341 e. The van der Waals surface area contributed by atoms with Gasteiger partial charge in [0.1, 0.15) is 10.6 Å². The predicted molar refractivity (Wildman–Crippen MR) is 147 cm³/mol. The van der Waals surface area contributed by atoms with Gasteiger partial charge in [-0.15, -0.1) is 32.9 Å². The Morgan fingerprint density at radius 2 is 1.81 bits per heavy atom. The van der Waals surface area contributed by atoms with Crippen LogP contribution in [0.2, 0.25) is 5.02 Å². The number of hydrogen-bond acceptors (Lipinski definition) is 8. The summed E-state index contributed by atoms with van der Waals surface area (Å²) in [4.78, 5) is 25.4. The van der Waals surface area contributed by atoms with E-state index in [0.29, 0.717) is 26.3 Å². The van der Waals surface area contributed by atoms with Crippen molar-refractivity contribution in [3.63, 3.8) is 0 Å².